The molecule has 1 unspecified atom stereocenters. The van der Waals surface area contributed by atoms with E-state index < -0.39 is 0 Å². The Kier molecular flexibility index (Phi) is 5.59. The fraction of sp³-hybridized carbons (Fsp3) is 0.471. The summed E-state index contributed by atoms with van der Waals surface area (Å²) in [7, 11) is 0. The molecule has 21 heavy (non-hydrogen) atoms. The maximum Gasteiger partial charge on any atom is 0.0596 e. The number of nitrogens with one attached hydrogen (secondary N) is 1. The zero-order chi connectivity index (χ0) is 15.4. The Morgan fingerprint density at radius 3 is 2.62 bits per heavy atom. The topological polar surface area (TPSA) is 29.9 Å². The van der Waals surface area contributed by atoms with E-state index in [0.717, 1.165) is 25.2 Å². The number of likely N-dealkylation sites (N-methyl/N-ethyl adjacent to an activating group) is 1. The second-order valence-electron chi connectivity index (χ2n) is 5.43. The van der Waals surface area contributed by atoms with Crippen LogP contribution in [0.3, 0.4) is 0 Å². The number of hydrogen-bond acceptors (Lipinski definition) is 2. The molecule has 0 saturated heterocycles. The molecule has 114 valence electrons. The Hall–Kier alpha value is -1.13. The van der Waals surface area contributed by atoms with Crippen molar-refractivity contribution in [2.24, 2.45) is 0 Å². The van der Waals surface area contributed by atoms with E-state index in [2.05, 4.69) is 83.0 Å². The molecule has 0 aliphatic carbocycles. The first kappa shape index (κ1) is 16.2. The molecule has 0 saturated carbocycles. The molecule has 1 heterocycles. The van der Waals surface area contributed by atoms with Gasteiger partial charge in [-0.25, -0.2) is 0 Å². The SMILES string of the molecule is CCNC(Cc1cc(C)nn1CC)c1ccc(C)cc1Br. The Balaban J connectivity index is 2.30. The van der Waals surface area contributed by atoms with Crippen LogP contribution in [0, 0.1) is 13.8 Å². The highest BCUT2D eigenvalue weighted by Gasteiger charge is 2.17. The third-order valence-corrected chi connectivity index (χ3v) is 4.37. The molecule has 1 aromatic carbocycles. The fourth-order valence-corrected chi connectivity index (χ4v) is 3.47. The van der Waals surface area contributed by atoms with E-state index in [1.807, 2.05) is 0 Å². The number of benzene rings is 1. The molecule has 1 atom stereocenters. The van der Waals surface area contributed by atoms with Crippen LogP contribution in [-0.2, 0) is 13.0 Å². The third-order valence-electron chi connectivity index (χ3n) is 3.68. The van der Waals surface area contributed by atoms with E-state index in [1.54, 1.807) is 0 Å². The maximum atomic E-state index is 4.55. The van der Waals surface area contributed by atoms with Crippen LogP contribution in [0.1, 0.15) is 42.4 Å². The van der Waals surface area contributed by atoms with Crippen LogP contribution in [0.5, 0.6) is 0 Å². The summed E-state index contributed by atoms with van der Waals surface area (Å²) in [5.74, 6) is 0. The van der Waals surface area contributed by atoms with Crippen LogP contribution >= 0.6 is 15.9 Å². The van der Waals surface area contributed by atoms with Crippen molar-refractivity contribution in [3.05, 3.63) is 51.3 Å². The molecule has 0 bridgehead atoms. The Labute approximate surface area is 135 Å². The Morgan fingerprint density at radius 1 is 1.24 bits per heavy atom. The molecule has 0 aliphatic rings. The van der Waals surface area contributed by atoms with Gasteiger partial charge in [0.05, 0.1) is 5.69 Å². The summed E-state index contributed by atoms with van der Waals surface area (Å²) >= 11 is 3.71. The summed E-state index contributed by atoms with van der Waals surface area (Å²) in [6, 6.07) is 9.06. The van der Waals surface area contributed by atoms with Gasteiger partial charge in [0.15, 0.2) is 0 Å². The predicted molar refractivity (Wildman–Crippen MR) is 91.6 cm³/mol. The first-order valence-electron chi connectivity index (χ1n) is 7.57. The van der Waals surface area contributed by atoms with Crippen molar-refractivity contribution >= 4 is 15.9 Å². The van der Waals surface area contributed by atoms with Gasteiger partial charge < -0.3 is 5.32 Å². The molecule has 4 heteroatoms. The molecule has 2 aromatic rings. The standard InChI is InChI=1S/C17H24BrN3/c1-5-19-17(15-8-7-12(3)9-16(15)18)11-14-10-13(4)20-21(14)6-2/h7-10,17,19H,5-6,11H2,1-4H3. The van der Waals surface area contributed by atoms with Crippen molar-refractivity contribution in [1.82, 2.24) is 15.1 Å². The zero-order valence-corrected chi connectivity index (χ0v) is 14.9. The van der Waals surface area contributed by atoms with Crippen molar-refractivity contribution in [2.75, 3.05) is 6.54 Å². The van der Waals surface area contributed by atoms with Gasteiger partial charge in [-0.3, -0.25) is 4.68 Å². The van der Waals surface area contributed by atoms with Gasteiger partial charge in [0.1, 0.15) is 0 Å². The van der Waals surface area contributed by atoms with Crippen molar-refractivity contribution in [1.29, 1.82) is 0 Å². The molecule has 0 aliphatic heterocycles. The van der Waals surface area contributed by atoms with Gasteiger partial charge in [0.25, 0.3) is 0 Å². The van der Waals surface area contributed by atoms with Crippen molar-refractivity contribution in [3.63, 3.8) is 0 Å². The van der Waals surface area contributed by atoms with E-state index in [-0.39, 0.29) is 0 Å². The number of nitrogens with zero attached hydrogens (tertiary/aromatic N) is 2. The number of aryl methyl sites for hydroxylation is 3. The molecule has 1 aromatic heterocycles. The van der Waals surface area contributed by atoms with E-state index in [0.29, 0.717) is 6.04 Å². The summed E-state index contributed by atoms with van der Waals surface area (Å²) in [5.41, 5.74) is 4.96. The quantitative estimate of drug-likeness (QED) is 0.847. The van der Waals surface area contributed by atoms with Crippen LogP contribution in [0.15, 0.2) is 28.7 Å². The molecule has 0 fully saturated rings. The predicted octanol–water partition coefficient (Wildman–Crippen LogP) is 4.18. The minimum Gasteiger partial charge on any atom is -0.310 e. The summed E-state index contributed by atoms with van der Waals surface area (Å²) in [4.78, 5) is 0. The maximum absolute atomic E-state index is 4.55. The van der Waals surface area contributed by atoms with Crippen LogP contribution < -0.4 is 5.32 Å². The molecular weight excluding hydrogens is 326 g/mol. The zero-order valence-electron chi connectivity index (χ0n) is 13.3. The first-order chi connectivity index (χ1) is 10.0. The highest BCUT2D eigenvalue weighted by Crippen LogP contribution is 2.27. The van der Waals surface area contributed by atoms with Gasteiger partial charge >= 0.3 is 0 Å². The minimum absolute atomic E-state index is 0.298. The molecule has 0 amide bonds. The largest absolute Gasteiger partial charge is 0.310 e. The number of aromatic nitrogens is 2. The summed E-state index contributed by atoms with van der Waals surface area (Å²) in [6.45, 7) is 10.3. The third kappa shape index (κ3) is 3.95. The summed E-state index contributed by atoms with van der Waals surface area (Å²) in [5, 5.41) is 8.15. The lowest BCUT2D eigenvalue weighted by molar-refractivity contribution is 0.514. The first-order valence-corrected chi connectivity index (χ1v) is 8.37. The molecule has 3 nitrogen and oxygen atoms in total. The monoisotopic (exact) mass is 349 g/mol. The lowest BCUT2D eigenvalue weighted by Crippen LogP contribution is -2.24. The molecular formula is C17H24BrN3. The minimum atomic E-state index is 0.298. The Bertz CT molecular complexity index is 604. The molecule has 0 radical (unpaired) electrons. The average Bonchev–Trinajstić information content (AvgIpc) is 2.78. The highest BCUT2D eigenvalue weighted by molar-refractivity contribution is 9.10. The number of rotatable bonds is 6. The van der Waals surface area contributed by atoms with E-state index in [4.69, 9.17) is 0 Å². The van der Waals surface area contributed by atoms with Crippen LogP contribution in [0.25, 0.3) is 0 Å². The van der Waals surface area contributed by atoms with Gasteiger partial charge in [-0.05, 0) is 50.6 Å². The highest BCUT2D eigenvalue weighted by atomic mass is 79.9. The normalized spacial score (nSPS) is 12.6. The number of hydrogen-bond donors (Lipinski definition) is 1. The summed E-state index contributed by atoms with van der Waals surface area (Å²) in [6.07, 6.45) is 0.949. The second-order valence-corrected chi connectivity index (χ2v) is 6.29. The fourth-order valence-electron chi connectivity index (χ4n) is 2.70. The van der Waals surface area contributed by atoms with Gasteiger partial charge in [-0.1, -0.05) is 35.0 Å². The number of halogens is 1. The van der Waals surface area contributed by atoms with E-state index in [1.165, 1.54) is 21.3 Å². The van der Waals surface area contributed by atoms with Crippen molar-refractivity contribution in [2.45, 2.75) is 46.7 Å². The smallest absolute Gasteiger partial charge is 0.0596 e. The lowest BCUT2D eigenvalue weighted by Gasteiger charge is -2.20. The lowest BCUT2D eigenvalue weighted by atomic mass is 10.0. The molecule has 1 N–H and O–H groups in total. The summed E-state index contributed by atoms with van der Waals surface area (Å²) < 4.78 is 3.27. The Morgan fingerprint density at radius 2 is 2.00 bits per heavy atom. The van der Waals surface area contributed by atoms with Crippen molar-refractivity contribution < 1.29 is 0 Å². The van der Waals surface area contributed by atoms with Crippen LogP contribution in [-0.4, -0.2) is 16.3 Å². The van der Waals surface area contributed by atoms with Crippen LogP contribution in [0.4, 0.5) is 0 Å². The second kappa shape index (κ2) is 7.23. The van der Waals surface area contributed by atoms with Gasteiger partial charge in [-0.15, -0.1) is 0 Å². The van der Waals surface area contributed by atoms with Gasteiger partial charge in [-0.2, -0.15) is 5.10 Å². The van der Waals surface area contributed by atoms with Crippen LogP contribution in [0.2, 0.25) is 0 Å². The van der Waals surface area contributed by atoms with Crippen molar-refractivity contribution in [3.8, 4) is 0 Å². The van der Waals surface area contributed by atoms with E-state index >= 15 is 0 Å². The average molecular weight is 350 g/mol. The van der Waals surface area contributed by atoms with Gasteiger partial charge in [0.2, 0.25) is 0 Å². The van der Waals surface area contributed by atoms with Gasteiger partial charge in [0, 0.05) is 29.2 Å². The molecule has 0 spiro atoms. The van der Waals surface area contributed by atoms with E-state index in [9.17, 15) is 0 Å². The molecule has 2 rings (SSSR count).